The molecule has 1 aliphatic heterocycles. The molecule has 60 heavy (non-hydrogen) atoms. The molecule has 1 amide bonds. The van der Waals surface area contributed by atoms with Crippen molar-refractivity contribution in [1.29, 1.82) is 0 Å². The summed E-state index contributed by atoms with van der Waals surface area (Å²) in [5, 5.41) is 54.3. The van der Waals surface area contributed by atoms with E-state index in [1.54, 1.807) is 6.08 Å². The van der Waals surface area contributed by atoms with Crippen LogP contribution in [0.1, 0.15) is 239 Å². The zero-order chi connectivity index (χ0) is 43.7. The van der Waals surface area contributed by atoms with Crippen LogP contribution in [0.15, 0.2) is 24.3 Å². The first-order valence-electron chi connectivity index (χ1n) is 25.6. The van der Waals surface area contributed by atoms with Crippen molar-refractivity contribution < 1.29 is 39.8 Å². The smallest absolute Gasteiger partial charge is 0.220 e. The van der Waals surface area contributed by atoms with Gasteiger partial charge in [-0.2, -0.15) is 0 Å². The molecule has 1 heterocycles. The molecule has 6 N–H and O–H groups in total. The lowest BCUT2D eigenvalue weighted by Gasteiger charge is -2.40. The molecule has 0 aromatic carbocycles. The van der Waals surface area contributed by atoms with E-state index in [0.717, 1.165) is 38.5 Å². The first-order chi connectivity index (χ1) is 29.3. The zero-order valence-corrected chi connectivity index (χ0v) is 39.0. The van der Waals surface area contributed by atoms with Crippen LogP contribution in [-0.4, -0.2) is 87.5 Å². The molecule has 9 heteroatoms. The minimum atomic E-state index is -1.57. The molecular weight excluding hydrogens is 755 g/mol. The average molecular weight is 852 g/mol. The van der Waals surface area contributed by atoms with E-state index in [9.17, 15) is 30.3 Å². The minimum absolute atomic E-state index is 0.179. The summed E-state index contributed by atoms with van der Waals surface area (Å²) in [5.41, 5.74) is 0. The maximum atomic E-state index is 13.0. The second-order valence-corrected chi connectivity index (χ2v) is 18.0. The van der Waals surface area contributed by atoms with Crippen LogP contribution in [0.5, 0.6) is 0 Å². The molecule has 0 aliphatic carbocycles. The summed E-state index contributed by atoms with van der Waals surface area (Å²) >= 11 is 0. The monoisotopic (exact) mass is 852 g/mol. The maximum Gasteiger partial charge on any atom is 0.220 e. The van der Waals surface area contributed by atoms with Gasteiger partial charge in [0.05, 0.1) is 25.4 Å². The summed E-state index contributed by atoms with van der Waals surface area (Å²) in [5.74, 6) is -0.179. The van der Waals surface area contributed by atoms with E-state index in [0.29, 0.717) is 6.42 Å². The Bertz CT molecular complexity index is 992. The number of carbonyl (C=O) groups is 1. The van der Waals surface area contributed by atoms with Crippen molar-refractivity contribution in [2.24, 2.45) is 0 Å². The van der Waals surface area contributed by atoms with Crippen molar-refractivity contribution in [3.8, 4) is 0 Å². The molecule has 1 fully saturated rings. The number of hydrogen-bond donors (Lipinski definition) is 6. The van der Waals surface area contributed by atoms with Gasteiger partial charge in [0.2, 0.25) is 5.91 Å². The van der Waals surface area contributed by atoms with Gasteiger partial charge < -0.3 is 40.3 Å². The lowest BCUT2D eigenvalue weighted by atomic mass is 9.99. The van der Waals surface area contributed by atoms with Gasteiger partial charge in [-0.3, -0.25) is 4.79 Å². The van der Waals surface area contributed by atoms with Gasteiger partial charge in [-0.25, -0.2) is 0 Å². The summed E-state index contributed by atoms with van der Waals surface area (Å²) in [6, 6.07) is -0.804. The van der Waals surface area contributed by atoms with E-state index in [1.165, 1.54) is 180 Å². The lowest BCUT2D eigenvalue weighted by Crippen LogP contribution is -2.60. The first-order valence-corrected chi connectivity index (χ1v) is 25.6. The normalized spacial score (nSPS) is 20.7. The largest absolute Gasteiger partial charge is 0.394 e. The summed E-state index contributed by atoms with van der Waals surface area (Å²) in [7, 11) is 0. The Morgan fingerprint density at radius 1 is 0.550 bits per heavy atom. The third kappa shape index (κ3) is 31.5. The van der Waals surface area contributed by atoms with E-state index >= 15 is 0 Å². The molecule has 9 nitrogen and oxygen atoms in total. The summed E-state index contributed by atoms with van der Waals surface area (Å²) < 4.78 is 11.2. The molecule has 7 unspecified atom stereocenters. The molecule has 0 saturated carbocycles. The van der Waals surface area contributed by atoms with Crippen molar-refractivity contribution in [3.05, 3.63) is 24.3 Å². The molecular formula is C51H97NO8. The number of nitrogens with one attached hydrogen (secondary N) is 1. The van der Waals surface area contributed by atoms with Crippen molar-refractivity contribution in [2.45, 2.75) is 281 Å². The van der Waals surface area contributed by atoms with Gasteiger partial charge in [-0.15, -0.1) is 0 Å². The Hall–Kier alpha value is -1.33. The van der Waals surface area contributed by atoms with Gasteiger partial charge in [0.15, 0.2) is 6.29 Å². The third-order valence-electron chi connectivity index (χ3n) is 12.3. The number of carbonyl (C=O) groups excluding carboxylic acids is 1. The van der Waals surface area contributed by atoms with Gasteiger partial charge in [0, 0.05) is 6.42 Å². The molecule has 0 spiro atoms. The van der Waals surface area contributed by atoms with Crippen molar-refractivity contribution in [3.63, 3.8) is 0 Å². The van der Waals surface area contributed by atoms with Crippen LogP contribution in [0.2, 0.25) is 0 Å². The van der Waals surface area contributed by atoms with Crippen LogP contribution in [0, 0.1) is 0 Å². The number of aliphatic hydroxyl groups excluding tert-OH is 5. The van der Waals surface area contributed by atoms with Gasteiger partial charge >= 0.3 is 0 Å². The van der Waals surface area contributed by atoms with Crippen molar-refractivity contribution in [1.82, 2.24) is 5.32 Å². The standard InChI is InChI=1S/C51H97NO8/c1-3-5-7-9-11-13-15-17-19-21-22-23-25-27-29-31-33-35-37-39-41-47(55)52-44(43-59-51-50(58)49(57)48(56)46(42-53)60-51)45(54)40-38-36-34-32-30-28-26-24-20-18-16-14-12-10-8-6-4-2/h22-23,38,40,44-46,48-51,53-54,56-58H,3-21,24-37,39,41-43H2,1-2H3,(H,52,55)/b23-22-,40-38+. The van der Waals surface area contributed by atoms with E-state index < -0.39 is 49.5 Å². The van der Waals surface area contributed by atoms with E-state index in [1.807, 2.05) is 6.08 Å². The molecule has 7 atom stereocenters. The minimum Gasteiger partial charge on any atom is -0.394 e. The fourth-order valence-corrected chi connectivity index (χ4v) is 8.15. The van der Waals surface area contributed by atoms with Gasteiger partial charge in [-0.05, 0) is 44.9 Å². The SMILES string of the molecule is CCCCCCCCCCC/C=C\CCCCCCCCCC(=O)NC(COC1OC(CO)C(O)C(O)C1O)C(O)/C=C/CCCCCCCCCCCCCCCCC. The number of hydrogen-bond acceptors (Lipinski definition) is 8. The number of allylic oxidation sites excluding steroid dienone is 3. The molecule has 0 radical (unpaired) electrons. The Balaban J connectivity index is 2.30. The predicted octanol–water partition coefficient (Wildman–Crippen LogP) is 11.5. The second kappa shape index (κ2) is 41.7. The highest BCUT2D eigenvalue weighted by molar-refractivity contribution is 5.76. The quantitative estimate of drug-likeness (QED) is 0.0262. The van der Waals surface area contributed by atoms with Gasteiger partial charge in [0.1, 0.15) is 24.4 Å². The van der Waals surface area contributed by atoms with Crippen LogP contribution in [0.25, 0.3) is 0 Å². The highest BCUT2D eigenvalue weighted by Gasteiger charge is 2.44. The molecule has 0 bridgehead atoms. The Morgan fingerprint density at radius 2 is 0.933 bits per heavy atom. The topological polar surface area (TPSA) is 149 Å². The molecule has 1 saturated heterocycles. The highest BCUT2D eigenvalue weighted by Crippen LogP contribution is 2.23. The second-order valence-electron chi connectivity index (χ2n) is 18.0. The zero-order valence-electron chi connectivity index (χ0n) is 39.0. The Morgan fingerprint density at radius 3 is 1.35 bits per heavy atom. The predicted molar refractivity (Wildman–Crippen MR) is 249 cm³/mol. The van der Waals surface area contributed by atoms with Crippen LogP contribution >= 0.6 is 0 Å². The van der Waals surface area contributed by atoms with E-state index in [2.05, 4.69) is 31.3 Å². The number of aliphatic hydroxyl groups is 5. The fourth-order valence-electron chi connectivity index (χ4n) is 8.15. The summed E-state index contributed by atoms with van der Waals surface area (Å²) in [6.45, 7) is 3.79. The van der Waals surface area contributed by atoms with Gasteiger partial charge in [-0.1, -0.05) is 212 Å². The number of ether oxygens (including phenoxy) is 2. The van der Waals surface area contributed by atoms with Crippen LogP contribution in [0.3, 0.4) is 0 Å². The lowest BCUT2D eigenvalue weighted by molar-refractivity contribution is -0.302. The molecule has 1 aliphatic rings. The number of unbranched alkanes of at least 4 members (excludes halogenated alkanes) is 31. The van der Waals surface area contributed by atoms with Crippen molar-refractivity contribution in [2.75, 3.05) is 13.2 Å². The van der Waals surface area contributed by atoms with Gasteiger partial charge in [0.25, 0.3) is 0 Å². The molecule has 0 aromatic rings. The molecule has 1 rings (SSSR count). The molecule has 0 aromatic heterocycles. The average Bonchev–Trinajstić information content (AvgIpc) is 3.25. The third-order valence-corrected chi connectivity index (χ3v) is 12.3. The van der Waals surface area contributed by atoms with Crippen LogP contribution < -0.4 is 5.32 Å². The van der Waals surface area contributed by atoms with Crippen molar-refractivity contribution >= 4 is 5.91 Å². The number of rotatable bonds is 43. The first kappa shape index (κ1) is 56.7. The molecule has 354 valence electrons. The summed E-state index contributed by atoms with van der Waals surface area (Å²) in [4.78, 5) is 13.0. The Kier molecular flexibility index (Phi) is 39.4. The van der Waals surface area contributed by atoms with E-state index in [4.69, 9.17) is 9.47 Å². The number of amides is 1. The maximum absolute atomic E-state index is 13.0. The summed E-state index contributed by atoms with van der Waals surface area (Å²) in [6.07, 6.45) is 43.6. The van der Waals surface area contributed by atoms with E-state index in [-0.39, 0.29) is 12.5 Å². The Labute approximate surface area is 369 Å². The van der Waals surface area contributed by atoms with Crippen LogP contribution in [0.4, 0.5) is 0 Å². The highest BCUT2D eigenvalue weighted by atomic mass is 16.7. The fraction of sp³-hybridized carbons (Fsp3) is 0.902. The van der Waals surface area contributed by atoms with Crippen LogP contribution in [-0.2, 0) is 14.3 Å².